The number of fused-ring (bicyclic) bond motifs is 35. The highest BCUT2D eigenvalue weighted by molar-refractivity contribution is 6.01. The summed E-state index contributed by atoms with van der Waals surface area (Å²) in [5.74, 6) is -15.0. The number of carbonyl (C=O) groups excluding carboxylic acids is 12. The monoisotopic (exact) mass is 1420 g/mol. The standard InChI is InChI=1S/C71H80F2N14O16/c1-37-64(96)79-35-60(91)82-56(26-43-33-77-51-15-9-45(72)29-49(43)51)67(99)84-57(27-44-34-78-52-16-10-46(73)30-50(44)52)68(100)83-54(31-62(93)94)59(90)28-42(23-41-17-20-75-32-41)65(97)85-58(25-39-5-11-47(89)12-6-39)69(101)87-22-4-19-71(87,3)70(102)86-55(63(74)95)24-40-7-13-48(14-8-40)103-36-61(92)76-21-18-53(66(98)80-37)81-38(2)88/h5-16,20,29-30,32-34,37,42,53-58,77-78,89H,4,17-19,21-28,31,35-36H2,1-3H3,(H2,74,95)(H,76,92)(H,79,96)(H,80,98)(H,81,88)(H,82,91)(H,83,100)(H,84,99)(H,85,97)(H,86,102)(H,93,94)/t37-,42+,53-,54-,55-,56-,57-,58-,71-/m0/s1. The Labute approximate surface area is 587 Å². The maximum absolute atomic E-state index is 15.2. The number of aromatic hydroxyl groups is 1. The Morgan fingerprint density at radius 2 is 1.32 bits per heavy atom. The van der Waals surface area contributed by atoms with Crippen LogP contribution in [0.15, 0.2) is 114 Å². The molecule has 544 valence electrons. The van der Waals surface area contributed by atoms with E-state index in [-0.39, 0.29) is 91.4 Å². The molecule has 11 amide bonds. The fourth-order valence-corrected chi connectivity index (χ4v) is 12.5. The number of Topliss-reactive ketones (excluding diaryl/α,β-unsaturated/α-hetero) is 1. The summed E-state index contributed by atoms with van der Waals surface area (Å²) in [5, 5.41) is 44.1. The second kappa shape index (κ2) is 34.0. The molecule has 0 spiro atoms. The zero-order chi connectivity index (χ0) is 74.2. The van der Waals surface area contributed by atoms with Crippen molar-refractivity contribution in [1.29, 1.82) is 0 Å². The van der Waals surface area contributed by atoms with E-state index in [2.05, 4.69) is 62.8 Å². The number of amides is 11. The molecule has 9 atom stereocenters. The molecule has 32 heteroatoms. The maximum atomic E-state index is 15.2. The molecule has 4 aromatic carbocycles. The molecule has 4 aliphatic rings. The van der Waals surface area contributed by atoms with Gasteiger partial charge in [-0.25, -0.2) is 8.78 Å². The van der Waals surface area contributed by atoms with Gasteiger partial charge in [0.15, 0.2) is 12.4 Å². The Morgan fingerprint density at radius 1 is 0.699 bits per heavy atom. The van der Waals surface area contributed by atoms with Crippen molar-refractivity contribution in [2.45, 2.75) is 139 Å². The van der Waals surface area contributed by atoms with Gasteiger partial charge >= 0.3 is 5.97 Å². The molecule has 103 heavy (non-hydrogen) atoms. The number of benzene rings is 4. The summed E-state index contributed by atoms with van der Waals surface area (Å²) in [7, 11) is 0. The summed E-state index contributed by atoms with van der Waals surface area (Å²) in [5.41, 5.74) is 6.98. The van der Waals surface area contributed by atoms with Gasteiger partial charge in [-0.05, 0) is 128 Å². The number of primary amides is 1. The number of rotatable bonds is 12. The quantitative estimate of drug-likeness (QED) is 0.0761. The second-order valence-corrected chi connectivity index (χ2v) is 25.9. The molecular formula is C71H80F2N14O16. The number of H-pyrrole nitrogens is 2. The lowest BCUT2D eigenvalue weighted by Crippen LogP contribution is -2.62. The van der Waals surface area contributed by atoms with Crippen molar-refractivity contribution in [1.82, 2.24) is 62.7 Å². The third-order valence-corrected chi connectivity index (χ3v) is 18.1. The van der Waals surface area contributed by atoms with Gasteiger partial charge < -0.3 is 83.4 Å². The summed E-state index contributed by atoms with van der Waals surface area (Å²) >= 11 is 0. The summed E-state index contributed by atoms with van der Waals surface area (Å²) in [4.78, 5) is 194. The maximum Gasteiger partial charge on any atom is 0.305 e. The lowest BCUT2D eigenvalue weighted by atomic mass is 9.89. The molecule has 6 heterocycles. The average Bonchev–Trinajstić information content (AvgIpc) is 1.69. The van der Waals surface area contributed by atoms with E-state index in [1.807, 2.05) is 0 Å². The minimum absolute atomic E-state index is 0.0128. The van der Waals surface area contributed by atoms with Crippen molar-refractivity contribution >= 4 is 105 Å². The Kier molecular flexibility index (Phi) is 24.9. The van der Waals surface area contributed by atoms with E-state index < -0.39 is 181 Å². The summed E-state index contributed by atoms with van der Waals surface area (Å²) < 4.78 is 35.5. The first kappa shape index (κ1) is 75.3. The largest absolute Gasteiger partial charge is 0.508 e. The first-order valence-corrected chi connectivity index (χ1v) is 33.3. The number of aromatic nitrogens is 2. The van der Waals surface area contributed by atoms with Crippen LogP contribution < -0.4 is 58.3 Å². The van der Waals surface area contributed by atoms with Gasteiger partial charge in [0.2, 0.25) is 59.1 Å². The number of carboxylic acid groups (broad SMARTS) is 1. The average molecular weight is 1420 g/mol. The van der Waals surface area contributed by atoms with E-state index in [4.69, 9.17) is 10.5 Å². The van der Waals surface area contributed by atoms with Gasteiger partial charge in [0.05, 0.1) is 19.0 Å². The predicted molar refractivity (Wildman–Crippen MR) is 367 cm³/mol. The van der Waals surface area contributed by atoms with Crippen molar-refractivity contribution < 1.29 is 86.1 Å². The van der Waals surface area contributed by atoms with E-state index in [0.29, 0.717) is 27.7 Å². The highest BCUT2D eigenvalue weighted by Gasteiger charge is 2.49. The number of aromatic amines is 2. The van der Waals surface area contributed by atoms with Crippen LogP contribution >= 0.6 is 0 Å². The van der Waals surface area contributed by atoms with E-state index in [9.17, 15) is 62.1 Å². The lowest BCUT2D eigenvalue weighted by molar-refractivity contribution is -0.147. The van der Waals surface area contributed by atoms with Crippen LogP contribution in [0.4, 0.5) is 8.78 Å². The number of nitrogens with one attached hydrogen (secondary N) is 11. The van der Waals surface area contributed by atoms with Crippen molar-refractivity contribution in [2.75, 3.05) is 26.2 Å². The van der Waals surface area contributed by atoms with Gasteiger partial charge in [-0.1, -0.05) is 24.3 Å². The van der Waals surface area contributed by atoms with Gasteiger partial charge in [-0.3, -0.25) is 67.3 Å². The van der Waals surface area contributed by atoms with Crippen LogP contribution in [-0.4, -0.2) is 182 Å². The molecule has 0 saturated carbocycles. The van der Waals surface area contributed by atoms with Crippen molar-refractivity contribution in [3.05, 3.63) is 143 Å². The third kappa shape index (κ3) is 20.2. The number of aliphatic carboxylic acids is 1. The van der Waals surface area contributed by atoms with E-state index >= 15 is 19.2 Å². The molecule has 2 bridgehead atoms. The number of phenols is 1. The second-order valence-electron chi connectivity index (χ2n) is 25.9. The van der Waals surface area contributed by atoms with Crippen LogP contribution in [-0.2, 0) is 88.0 Å². The molecule has 1 saturated heterocycles. The van der Waals surface area contributed by atoms with Gasteiger partial charge in [0.1, 0.15) is 64.9 Å². The number of carboxylic acids is 1. The molecule has 10 rings (SSSR count). The number of phenolic OH excluding ortho intramolecular Hbond substituents is 1. The fraction of sp³-hybridized carbons (Fsp3) is 0.380. The van der Waals surface area contributed by atoms with Crippen LogP contribution in [0.1, 0.15) is 88.0 Å². The smallest absolute Gasteiger partial charge is 0.305 e. The zero-order valence-electron chi connectivity index (χ0n) is 56.5. The molecule has 0 aliphatic carbocycles. The highest BCUT2D eigenvalue weighted by atomic mass is 19.1. The van der Waals surface area contributed by atoms with Crippen LogP contribution in [0.2, 0.25) is 0 Å². The molecule has 4 aliphatic heterocycles. The minimum Gasteiger partial charge on any atom is -0.508 e. The minimum atomic E-state index is -1.95. The first-order chi connectivity index (χ1) is 49.1. The summed E-state index contributed by atoms with van der Waals surface area (Å²) in [6, 6.07) is 8.35. The van der Waals surface area contributed by atoms with Crippen LogP contribution in [0.5, 0.6) is 11.5 Å². The Balaban J connectivity index is 1.05. The topological polar surface area (TPSA) is 453 Å². The lowest BCUT2D eigenvalue weighted by Gasteiger charge is -2.37. The molecule has 15 N–H and O–H groups in total. The first-order valence-electron chi connectivity index (χ1n) is 33.3. The van der Waals surface area contributed by atoms with Crippen LogP contribution in [0.25, 0.3) is 21.8 Å². The van der Waals surface area contributed by atoms with Gasteiger partial charge in [-0.2, -0.15) is 0 Å². The van der Waals surface area contributed by atoms with Crippen molar-refractivity contribution in [3.8, 4) is 11.5 Å². The normalized spacial score (nSPS) is 23.8. The number of ketones is 1. The predicted octanol–water partition coefficient (Wildman–Crippen LogP) is 1.02. The van der Waals surface area contributed by atoms with Crippen molar-refractivity contribution in [3.63, 3.8) is 0 Å². The van der Waals surface area contributed by atoms with Gasteiger partial charge in [0.25, 0.3) is 5.91 Å². The summed E-state index contributed by atoms with van der Waals surface area (Å²) in [6.07, 6.45) is 2.91. The zero-order valence-corrected chi connectivity index (χ0v) is 56.5. The van der Waals surface area contributed by atoms with Gasteiger partial charge in [0, 0.05) is 111 Å². The molecule has 30 nitrogen and oxygen atoms in total. The fourth-order valence-electron chi connectivity index (χ4n) is 12.5. The number of hydrogen-bond acceptors (Lipinski definition) is 16. The number of hydrogen-bond donors (Lipinski definition) is 14. The number of ether oxygens (including phenoxy) is 1. The van der Waals surface area contributed by atoms with Crippen LogP contribution in [0, 0.1) is 17.6 Å². The molecule has 0 radical (unpaired) electrons. The number of nitrogens with zero attached hydrogens (tertiary/aromatic N) is 2. The van der Waals surface area contributed by atoms with Crippen LogP contribution in [0.3, 0.4) is 0 Å². The molecule has 0 unspecified atom stereocenters. The highest BCUT2D eigenvalue weighted by Crippen LogP contribution is 2.32. The van der Waals surface area contributed by atoms with Gasteiger partial charge in [-0.15, -0.1) is 0 Å². The van der Waals surface area contributed by atoms with E-state index in [1.165, 1.54) is 110 Å². The number of carbonyl (C=O) groups is 13. The number of nitrogens with two attached hydrogens (primary N) is 1. The number of halogens is 2. The third-order valence-electron chi connectivity index (χ3n) is 18.1. The number of aliphatic imine (C=N–C) groups is 1. The molecule has 2 aromatic heterocycles. The molecule has 6 aromatic rings. The van der Waals surface area contributed by atoms with E-state index in [0.717, 1.165) is 13.0 Å². The Hall–Kier alpha value is -11.9. The Morgan fingerprint density at radius 3 is 1.92 bits per heavy atom. The Bertz CT molecular complexity index is 4310. The van der Waals surface area contributed by atoms with E-state index in [1.54, 1.807) is 12.1 Å². The summed E-state index contributed by atoms with van der Waals surface area (Å²) in [6.45, 7) is 2.35. The number of allylic oxidation sites excluding steroid dienone is 1. The molecular weight excluding hydrogens is 1340 g/mol. The van der Waals surface area contributed by atoms with Crippen molar-refractivity contribution in [2.24, 2.45) is 16.6 Å². The SMILES string of the molecule is CC(=O)N[C@H]1CCNC(=O)COc2ccc(cc2)C[C@@H](C(N)=O)NC(=O)[C@]2(C)CCCN2C(=O)[C@H](Cc2ccc(O)cc2)NC(=O)[C@H](CC2=CN=CC2)CC(=O)[C@H](CC(=O)O)NC(=O)[C@H](Cc2c[nH]c3ccc(F)cc23)NC(=O)[C@H](Cc2c[nH]c3ccc(F)cc23)NC(=O)CNC(=O)[C@H](C)NC1=O. The molecule has 1 fully saturated rings.